The fraction of sp³-hybridized carbons (Fsp3) is 0.556. The first-order valence-corrected chi connectivity index (χ1v) is 15.0. The van der Waals surface area contributed by atoms with Crippen molar-refractivity contribution >= 4 is 66.4 Å². The van der Waals surface area contributed by atoms with Crippen LogP contribution >= 0.6 is 11.3 Å². The Morgan fingerprint density at radius 3 is 2.58 bits per heavy atom. The van der Waals surface area contributed by atoms with E-state index < -0.39 is 80.2 Å². The molecular weight excluding hydrogens is 602 g/mol. The van der Waals surface area contributed by atoms with Crippen LogP contribution < -0.4 is 15.8 Å². The summed E-state index contributed by atoms with van der Waals surface area (Å²) in [5, 5.41) is 16.5. The van der Waals surface area contributed by atoms with Gasteiger partial charge in [0, 0.05) is 38.2 Å². The summed E-state index contributed by atoms with van der Waals surface area (Å²) in [5.41, 5.74) is 3.23. The van der Waals surface area contributed by atoms with Crippen LogP contribution in [-0.2, 0) is 49.3 Å². The number of carboxylic acid groups (broad SMARTS) is 1. The van der Waals surface area contributed by atoms with Gasteiger partial charge in [0.25, 0.3) is 22.0 Å². The van der Waals surface area contributed by atoms with Crippen LogP contribution in [0, 0.1) is 0 Å². The monoisotopic (exact) mass is 625 g/mol. The summed E-state index contributed by atoms with van der Waals surface area (Å²) in [6.07, 6.45) is 0.229. The zero-order valence-electron chi connectivity index (χ0n) is 20.4. The number of rotatable bonds is 11. The van der Waals surface area contributed by atoms with Gasteiger partial charge in [-0.1, -0.05) is 5.16 Å². The summed E-state index contributed by atoms with van der Waals surface area (Å²) >= 11 is 0.911. The van der Waals surface area contributed by atoms with Crippen molar-refractivity contribution in [2.45, 2.75) is 43.5 Å². The molecule has 4 rings (SSSR count). The lowest BCUT2D eigenvalue weighted by molar-refractivity contribution is -0.153. The molecule has 1 aromatic rings. The van der Waals surface area contributed by atoms with Crippen molar-refractivity contribution in [3.63, 3.8) is 0 Å². The zero-order chi connectivity index (χ0) is 29.6. The number of hydrogen-bond donors (Lipinski definition) is 5. The number of nitrogen functional groups attached to an aromatic ring is 1. The molecule has 6 N–H and O–H groups in total. The van der Waals surface area contributed by atoms with E-state index in [4.69, 9.17) is 15.3 Å². The number of esters is 1. The van der Waals surface area contributed by atoms with Gasteiger partial charge in [-0.05, 0) is 0 Å². The fourth-order valence-corrected chi connectivity index (χ4v) is 6.75. The summed E-state index contributed by atoms with van der Waals surface area (Å²) in [5.74, 6) is -4.43. The largest absolute Gasteiger partial charge is 0.478 e. The number of anilines is 1. The second kappa shape index (κ2) is 10.5. The highest BCUT2D eigenvalue weighted by Crippen LogP contribution is 2.40. The van der Waals surface area contributed by atoms with Gasteiger partial charge in [0.1, 0.15) is 18.3 Å². The Labute approximate surface area is 230 Å². The molecule has 0 bridgehead atoms. The maximum atomic E-state index is 13.2. The van der Waals surface area contributed by atoms with Crippen LogP contribution in [0.15, 0.2) is 10.5 Å². The topological polar surface area (TPSA) is 277 Å². The molecular formula is C18H23N7O12S3. The Kier molecular flexibility index (Phi) is 7.76. The Morgan fingerprint density at radius 2 is 2.05 bits per heavy atom. The molecule has 2 saturated heterocycles. The number of oxime groups is 1. The molecule has 3 unspecified atom stereocenters. The molecule has 22 heteroatoms. The average Bonchev–Trinajstić information content (AvgIpc) is 3.42. The molecule has 0 aromatic carbocycles. The van der Waals surface area contributed by atoms with Crippen molar-refractivity contribution in [2.75, 3.05) is 25.4 Å². The molecule has 0 spiro atoms. The number of β-lactam (4-membered cyclic amide) rings is 1. The van der Waals surface area contributed by atoms with Gasteiger partial charge in [-0.3, -0.25) is 18.9 Å². The fourth-order valence-electron chi connectivity index (χ4n) is 3.89. The Hall–Kier alpha value is -3.44. The quantitative estimate of drug-likeness (QED) is 0.0528. The van der Waals surface area contributed by atoms with Crippen LogP contribution in [0.1, 0.15) is 25.5 Å². The number of carboxylic acids is 1. The van der Waals surface area contributed by atoms with Crippen LogP contribution in [0.5, 0.6) is 0 Å². The Bertz CT molecular complexity index is 1490. The summed E-state index contributed by atoms with van der Waals surface area (Å²) in [6, 6.07) is -4.17. The van der Waals surface area contributed by atoms with E-state index in [-0.39, 0.29) is 41.1 Å². The molecule has 3 atom stereocenters. The van der Waals surface area contributed by atoms with Gasteiger partial charge in [-0.15, -0.1) is 11.3 Å². The van der Waals surface area contributed by atoms with Gasteiger partial charge in [0.05, 0.1) is 12.1 Å². The lowest BCUT2D eigenvalue weighted by Gasteiger charge is -2.45. The average molecular weight is 626 g/mol. The number of aliphatic carboxylic acids is 1. The third kappa shape index (κ3) is 6.00. The number of carbonyl (C=O) groups is 4. The first-order valence-electron chi connectivity index (χ1n) is 11.3. The molecule has 1 aromatic heterocycles. The van der Waals surface area contributed by atoms with Crippen LogP contribution in [0.3, 0.4) is 0 Å². The predicted octanol–water partition coefficient (Wildman–Crippen LogP) is -3.36. The van der Waals surface area contributed by atoms with Crippen LogP contribution in [0.25, 0.3) is 0 Å². The SMILES string of the molecule is CC(=O)OCC1CN(CC2C(NC(=O)/C(=N\OC3(C(=O)O)CC3)c3csc(N)n3)C(=O)N2S(=O)(=O)O)S(=O)(=O)N1. The number of nitrogens with one attached hydrogen (secondary N) is 2. The third-order valence-electron chi connectivity index (χ3n) is 6.05. The molecule has 0 radical (unpaired) electrons. The normalized spacial score (nSPS) is 25.6. The van der Waals surface area contributed by atoms with Crippen molar-refractivity contribution in [2.24, 2.45) is 5.16 Å². The van der Waals surface area contributed by atoms with Crippen molar-refractivity contribution in [3.05, 3.63) is 11.1 Å². The molecule has 1 aliphatic carbocycles. The minimum absolute atomic E-state index is 0.00459. The molecule has 2 aliphatic heterocycles. The van der Waals surface area contributed by atoms with Crippen LogP contribution in [0.4, 0.5) is 5.13 Å². The summed E-state index contributed by atoms with van der Waals surface area (Å²) in [7, 11) is -9.41. The van der Waals surface area contributed by atoms with Crippen molar-refractivity contribution in [3.8, 4) is 0 Å². The van der Waals surface area contributed by atoms with E-state index in [0.717, 1.165) is 22.6 Å². The second-order valence-corrected chi connectivity index (χ2v) is 12.9. The molecule has 40 heavy (non-hydrogen) atoms. The van der Waals surface area contributed by atoms with Gasteiger partial charge in [0.2, 0.25) is 5.60 Å². The lowest BCUT2D eigenvalue weighted by atomic mass is 9.98. The number of ether oxygens (including phenoxy) is 1. The first kappa shape index (κ1) is 29.5. The maximum absolute atomic E-state index is 13.2. The highest BCUT2D eigenvalue weighted by Gasteiger charge is 2.57. The standard InChI is InChI=1S/C18H23N7O12S3/c1-8(26)36-6-9-4-24(39(31,32)23-9)5-11-13(15(28)25(11)40(33,34)35)21-14(27)12(10-7-38-17(19)20-10)22-37-18(2-3-18)16(29)30/h7,9,11,13,23H,2-6H2,1H3,(H2,19,20)(H,21,27)(H,29,30)(H,33,34,35)/b22-12-. The molecule has 2 amide bonds. The first-order chi connectivity index (χ1) is 18.5. The van der Waals surface area contributed by atoms with Crippen LogP contribution in [-0.4, -0.2) is 113 Å². The van der Waals surface area contributed by atoms with Gasteiger partial charge < -0.3 is 25.7 Å². The maximum Gasteiger partial charge on any atom is 0.362 e. The minimum Gasteiger partial charge on any atom is -0.478 e. The highest BCUT2D eigenvalue weighted by atomic mass is 32.2. The van der Waals surface area contributed by atoms with E-state index in [0.29, 0.717) is 0 Å². The summed E-state index contributed by atoms with van der Waals surface area (Å²) < 4.78 is 66.2. The van der Waals surface area contributed by atoms with E-state index >= 15 is 0 Å². The number of aromatic nitrogens is 1. The van der Waals surface area contributed by atoms with Gasteiger partial charge >= 0.3 is 22.2 Å². The molecule has 19 nitrogen and oxygen atoms in total. The third-order valence-corrected chi connectivity index (χ3v) is 9.28. The van der Waals surface area contributed by atoms with Gasteiger partial charge in [-0.25, -0.2) is 14.1 Å². The van der Waals surface area contributed by atoms with E-state index in [2.05, 4.69) is 20.2 Å². The molecule has 1 saturated carbocycles. The molecule has 3 aliphatic rings. The second-order valence-electron chi connectivity index (χ2n) is 8.97. The lowest BCUT2D eigenvalue weighted by Crippen LogP contribution is -2.74. The van der Waals surface area contributed by atoms with E-state index in [1.165, 1.54) is 5.38 Å². The smallest absolute Gasteiger partial charge is 0.362 e. The number of amides is 2. The number of nitrogens with two attached hydrogens (primary N) is 1. The minimum atomic E-state index is -5.17. The number of thiazole rings is 1. The van der Waals surface area contributed by atoms with Gasteiger partial charge in [0.15, 0.2) is 10.8 Å². The molecule has 220 valence electrons. The number of nitrogens with zero attached hydrogens (tertiary/aromatic N) is 4. The summed E-state index contributed by atoms with van der Waals surface area (Å²) in [4.78, 5) is 57.3. The highest BCUT2D eigenvalue weighted by molar-refractivity contribution is 7.87. The Balaban J connectivity index is 1.56. The van der Waals surface area contributed by atoms with E-state index in [9.17, 15) is 45.7 Å². The molecule has 3 heterocycles. The van der Waals surface area contributed by atoms with Crippen molar-refractivity contribution < 1.29 is 55.2 Å². The zero-order valence-corrected chi connectivity index (χ0v) is 22.9. The number of carbonyl (C=O) groups excluding carboxylic acids is 3. The van der Waals surface area contributed by atoms with Crippen molar-refractivity contribution in [1.82, 2.24) is 23.6 Å². The van der Waals surface area contributed by atoms with Crippen molar-refractivity contribution in [1.29, 1.82) is 0 Å². The predicted molar refractivity (Wildman–Crippen MR) is 132 cm³/mol. The molecule has 3 fully saturated rings. The summed E-state index contributed by atoms with van der Waals surface area (Å²) in [6.45, 7) is -0.203. The van der Waals surface area contributed by atoms with Crippen LogP contribution in [0.2, 0.25) is 0 Å². The Morgan fingerprint density at radius 1 is 1.38 bits per heavy atom. The number of hydrogen-bond acceptors (Lipinski definition) is 14. The van der Waals surface area contributed by atoms with E-state index in [1.54, 1.807) is 0 Å². The van der Waals surface area contributed by atoms with Gasteiger partial charge in [-0.2, -0.15) is 25.9 Å². The van der Waals surface area contributed by atoms with E-state index in [1.807, 2.05) is 0 Å².